The van der Waals surface area contributed by atoms with Gasteiger partial charge in [-0.2, -0.15) is 0 Å². The number of hydrogen-bond donors (Lipinski definition) is 1. The van der Waals surface area contributed by atoms with Crippen molar-refractivity contribution in [3.63, 3.8) is 0 Å². The van der Waals surface area contributed by atoms with Gasteiger partial charge in [-0.3, -0.25) is 14.9 Å². The summed E-state index contributed by atoms with van der Waals surface area (Å²) >= 11 is 0. The van der Waals surface area contributed by atoms with Gasteiger partial charge >= 0.3 is 0 Å². The van der Waals surface area contributed by atoms with Gasteiger partial charge in [0.25, 0.3) is 11.6 Å². The molecule has 0 aromatic heterocycles. The highest BCUT2D eigenvalue weighted by atomic mass is 19.1. The standard InChI is InChI=1S/C12H14FN3O3/c1-15(7-3-2-4-7)12(17)10-8(13)5-6-9(11(10)14)16(18)19/h5-7H,2-4,14H2,1H3. The van der Waals surface area contributed by atoms with E-state index in [1.54, 1.807) is 7.05 Å². The molecule has 1 fully saturated rings. The highest BCUT2D eigenvalue weighted by molar-refractivity contribution is 6.01. The first-order valence-corrected chi connectivity index (χ1v) is 5.93. The molecule has 1 saturated carbocycles. The van der Waals surface area contributed by atoms with Crippen LogP contribution in [0.2, 0.25) is 0 Å². The number of nitrogen functional groups attached to an aromatic ring is 1. The zero-order valence-corrected chi connectivity index (χ0v) is 10.4. The van der Waals surface area contributed by atoms with Gasteiger partial charge in [0.05, 0.1) is 4.92 Å². The van der Waals surface area contributed by atoms with Crippen LogP contribution in [0.1, 0.15) is 29.6 Å². The summed E-state index contributed by atoms with van der Waals surface area (Å²) in [6.07, 6.45) is 2.74. The van der Waals surface area contributed by atoms with Crippen LogP contribution in [0.4, 0.5) is 15.8 Å². The number of carbonyl (C=O) groups excluding carboxylic acids is 1. The number of nitro groups is 1. The Morgan fingerprint density at radius 3 is 2.63 bits per heavy atom. The summed E-state index contributed by atoms with van der Waals surface area (Å²) in [4.78, 5) is 23.6. The monoisotopic (exact) mass is 267 g/mol. The fourth-order valence-corrected chi connectivity index (χ4v) is 2.07. The van der Waals surface area contributed by atoms with Gasteiger partial charge in [0.2, 0.25) is 0 Å². The van der Waals surface area contributed by atoms with Gasteiger partial charge in [-0.05, 0) is 25.3 Å². The van der Waals surface area contributed by atoms with Crippen molar-refractivity contribution in [1.82, 2.24) is 4.90 Å². The van der Waals surface area contributed by atoms with E-state index in [0.29, 0.717) is 0 Å². The molecule has 102 valence electrons. The largest absolute Gasteiger partial charge is 0.392 e. The van der Waals surface area contributed by atoms with E-state index in [2.05, 4.69) is 0 Å². The Hall–Kier alpha value is -2.18. The minimum atomic E-state index is -0.834. The molecule has 0 aliphatic heterocycles. The van der Waals surface area contributed by atoms with E-state index in [0.717, 1.165) is 31.4 Å². The van der Waals surface area contributed by atoms with E-state index >= 15 is 0 Å². The summed E-state index contributed by atoms with van der Waals surface area (Å²) in [5.74, 6) is -1.44. The van der Waals surface area contributed by atoms with Crippen LogP contribution in [-0.2, 0) is 0 Å². The molecular formula is C12H14FN3O3. The van der Waals surface area contributed by atoms with Crippen LogP contribution >= 0.6 is 0 Å². The lowest BCUT2D eigenvalue weighted by atomic mass is 9.91. The summed E-state index contributed by atoms with van der Waals surface area (Å²) in [6, 6.07) is 1.92. The second-order valence-electron chi connectivity index (χ2n) is 4.61. The number of benzene rings is 1. The molecule has 0 atom stereocenters. The Labute approximate surface area is 109 Å². The molecule has 0 spiro atoms. The van der Waals surface area contributed by atoms with Crippen molar-refractivity contribution < 1.29 is 14.1 Å². The number of anilines is 1. The molecule has 0 saturated heterocycles. The first-order valence-electron chi connectivity index (χ1n) is 5.93. The summed E-state index contributed by atoms with van der Waals surface area (Å²) < 4.78 is 13.7. The van der Waals surface area contributed by atoms with Gasteiger partial charge in [0.1, 0.15) is 17.1 Å². The number of nitrogens with zero attached hydrogens (tertiary/aromatic N) is 2. The molecule has 0 radical (unpaired) electrons. The van der Waals surface area contributed by atoms with E-state index in [9.17, 15) is 19.3 Å². The Balaban J connectivity index is 2.40. The maximum absolute atomic E-state index is 13.7. The molecule has 0 unspecified atom stereocenters. The summed E-state index contributed by atoms with van der Waals surface area (Å²) in [6.45, 7) is 0. The number of halogens is 1. The summed E-state index contributed by atoms with van der Waals surface area (Å²) in [5, 5.41) is 10.8. The molecule has 6 nitrogen and oxygen atoms in total. The highest BCUT2D eigenvalue weighted by Gasteiger charge is 2.31. The van der Waals surface area contributed by atoms with Crippen LogP contribution in [0.25, 0.3) is 0 Å². The minimum Gasteiger partial charge on any atom is -0.392 e. The molecule has 1 aliphatic carbocycles. The smallest absolute Gasteiger partial charge is 0.293 e. The second-order valence-corrected chi connectivity index (χ2v) is 4.61. The van der Waals surface area contributed by atoms with Gasteiger partial charge in [0, 0.05) is 19.2 Å². The van der Waals surface area contributed by atoms with Crippen molar-refractivity contribution in [2.24, 2.45) is 0 Å². The van der Waals surface area contributed by atoms with Gasteiger partial charge in [0.15, 0.2) is 0 Å². The minimum absolute atomic E-state index is 0.0607. The first-order chi connectivity index (χ1) is 8.93. The molecule has 1 aliphatic rings. The predicted octanol–water partition coefficient (Wildman–Crippen LogP) is 1.94. The number of nitrogens with two attached hydrogens (primary N) is 1. The van der Waals surface area contributed by atoms with Crippen molar-refractivity contribution in [2.45, 2.75) is 25.3 Å². The summed E-state index contributed by atoms with van der Waals surface area (Å²) in [5.41, 5.74) is 4.27. The van der Waals surface area contributed by atoms with Crippen LogP contribution in [0, 0.1) is 15.9 Å². The normalized spacial score (nSPS) is 14.8. The Kier molecular flexibility index (Phi) is 3.37. The molecule has 2 rings (SSSR count). The van der Waals surface area contributed by atoms with Crippen molar-refractivity contribution in [3.05, 3.63) is 33.6 Å². The zero-order chi connectivity index (χ0) is 14.2. The molecule has 7 heteroatoms. The number of rotatable bonds is 3. The van der Waals surface area contributed by atoms with Crippen molar-refractivity contribution in [2.75, 3.05) is 12.8 Å². The molecule has 19 heavy (non-hydrogen) atoms. The van der Waals surface area contributed by atoms with Gasteiger partial charge in [-0.15, -0.1) is 0 Å². The third-order valence-electron chi connectivity index (χ3n) is 3.52. The average Bonchev–Trinajstić information content (AvgIpc) is 2.25. The van der Waals surface area contributed by atoms with Gasteiger partial charge < -0.3 is 10.6 Å². The van der Waals surface area contributed by atoms with Crippen molar-refractivity contribution in [3.8, 4) is 0 Å². The van der Waals surface area contributed by atoms with E-state index in [1.165, 1.54) is 4.90 Å². The van der Waals surface area contributed by atoms with Crippen LogP contribution in [0.3, 0.4) is 0 Å². The fourth-order valence-electron chi connectivity index (χ4n) is 2.07. The van der Waals surface area contributed by atoms with E-state index < -0.39 is 33.6 Å². The third kappa shape index (κ3) is 2.23. The van der Waals surface area contributed by atoms with Crippen molar-refractivity contribution in [1.29, 1.82) is 0 Å². The lowest BCUT2D eigenvalue weighted by molar-refractivity contribution is -0.384. The second kappa shape index (κ2) is 4.83. The Morgan fingerprint density at radius 2 is 2.16 bits per heavy atom. The fraction of sp³-hybridized carbons (Fsp3) is 0.417. The number of carbonyl (C=O) groups is 1. The topological polar surface area (TPSA) is 89.5 Å². The first kappa shape index (κ1) is 13.3. The number of amides is 1. The van der Waals surface area contributed by atoms with Crippen LogP contribution < -0.4 is 5.73 Å². The molecule has 1 aromatic carbocycles. The zero-order valence-electron chi connectivity index (χ0n) is 10.4. The van der Waals surface area contributed by atoms with Gasteiger partial charge in [-0.1, -0.05) is 0 Å². The summed E-state index contributed by atoms with van der Waals surface area (Å²) in [7, 11) is 1.56. The van der Waals surface area contributed by atoms with E-state index in [-0.39, 0.29) is 6.04 Å². The van der Waals surface area contributed by atoms with Crippen LogP contribution in [0.15, 0.2) is 12.1 Å². The number of hydrogen-bond acceptors (Lipinski definition) is 4. The molecule has 1 aromatic rings. The maximum atomic E-state index is 13.7. The molecule has 2 N–H and O–H groups in total. The molecule has 1 amide bonds. The number of nitro benzene ring substituents is 1. The third-order valence-corrected chi connectivity index (χ3v) is 3.52. The quantitative estimate of drug-likeness (QED) is 0.515. The predicted molar refractivity (Wildman–Crippen MR) is 67.2 cm³/mol. The maximum Gasteiger partial charge on any atom is 0.293 e. The van der Waals surface area contributed by atoms with Gasteiger partial charge in [-0.25, -0.2) is 4.39 Å². The SMILES string of the molecule is CN(C(=O)c1c(F)ccc([N+](=O)[O-])c1N)C1CCC1. The Bertz CT molecular complexity index is 543. The van der Waals surface area contributed by atoms with Crippen LogP contribution in [0.5, 0.6) is 0 Å². The van der Waals surface area contributed by atoms with E-state index in [1.807, 2.05) is 0 Å². The van der Waals surface area contributed by atoms with Crippen LogP contribution in [-0.4, -0.2) is 28.8 Å². The van der Waals surface area contributed by atoms with Crippen molar-refractivity contribution >= 4 is 17.3 Å². The molecule has 0 bridgehead atoms. The van der Waals surface area contributed by atoms with E-state index in [4.69, 9.17) is 5.73 Å². The average molecular weight is 267 g/mol. The lowest BCUT2D eigenvalue weighted by Crippen LogP contribution is -2.41. The lowest BCUT2D eigenvalue weighted by Gasteiger charge is -2.34. The highest BCUT2D eigenvalue weighted by Crippen LogP contribution is 2.31. The Morgan fingerprint density at radius 1 is 1.53 bits per heavy atom. The molecule has 0 heterocycles. The molecular weight excluding hydrogens is 253 g/mol.